The van der Waals surface area contributed by atoms with Crippen LogP contribution in [0.1, 0.15) is 18.5 Å². The molecule has 0 amide bonds. The molecule has 0 radical (unpaired) electrons. The van der Waals surface area contributed by atoms with Gasteiger partial charge in [0.2, 0.25) is 0 Å². The Balaban J connectivity index is 1.60. The van der Waals surface area contributed by atoms with E-state index in [1.807, 2.05) is 6.07 Å². The summed E-state index contributed by atoms with van der Waals surface area (Å²) >= 11 is 0. The van der Waals surface area contributed by atoms with Crippen LogP contribution in [0.25, 0.3) is 0 Å². The minimum atomic E-state index is 0.797. The lowest BCUT2D eigenvalue weighted by atomic mass is 10.1. The van der Waals surface area contributed by atoms with E-state index in [0.717, 1.165) is 18.3 Å². The molecule has 0 bridgehead atoms. The average Bonchev–Trinajstić information content (AvgIpc) is 2.77. The molecule has 3 heterocycles. The Hall–Kier alpha value is -1.00. The van der Waals surface area contributed by atoms with Crippen LogP contribution in [-0.4, -0.2) is 52.2 Å². The van der Waals surface area contributed by atoms with Gasteiger partial charge in [-0.1, -0.05) is 0 Å². The van der Waals surface area contributed by atoms with Gasteiger partial charge in [-0.15, -0.1) is 0 Å². The third kappa shape index (κ3) is 2.08. The van der Waals surface area contributed by atoms with Crippen LogP contribution in [0.3, 0.4) is 0 Å². The minimum Gasteiger partial charge on any atom is -0.298 e. The summed E-state index contributed by atoms with van der Waals surface area (Å²) in [4.78, 5) is 5.14. The summed E-state index contributed by atoms with van der Waals surface area (Å²) in [6.45, 7) is 5.87. The van der Waals surface area contributed by atoms with Crippen molar-refractivity contribution in [2.45, 2.75) is 25.4 Å². The summed E-state index contributed by atoms with van der Waals surface area (Å²) in [6, 6.07) is 4.83. The van der Waals surface area contributed by atoms with Gasteiger partial charge in [-0.05, 0) is 31.5 Å². The van der Waals surface area contributed by atoms with E-state index in [1.54, 1.807) is 6.20 Å². The van der Waals surface area contributed by atoms with E-state index in [1.165, 1.54) is 39.0 Å². The first-order valence-corrected chi connectivity index (χ1v) is 6.15. The third-order valence-electron chi connectivity index (χ3n) is 3.68. The molecule has 16 heavy (non-hydrogen) atoms. The molecule has 1 unspecified atom stereocenters. The van der Waals surface area contributed by atoms with E-state index in [-0.39, 0.29) is 0 Å². The van der Waals surface area contributed by atoms with Crippen molar-refractivity contribution in [2.75, 3.05) is 26.2 Å². The van der Waals surface area contributed by atoms with Gasteiger partial charge in [-0.3, -0.25) is 9.80 Å². The van der Waals surface area contributed by atoms with Crippen molar-refractivity contribution in [3.8, 4) is 0 Å². The Bertz CT molecular complexity index is 340. The Kier molecular flexibility index (Phi) is 2.84. The van der Waals surface area contributed by atoms with E-state index in [0.29, 0.717) is 0 Å². The summed E-state index contributed by atoms with van der Waals surface area (Å²) in [5, 5.41) is 8.08. The van der Waals surface area contributed by atoms with Crippen LogP contribution in [0.5, 0.6) is 0 Å². The lowest BCUT2D eigenvalue weighted by Crippen LogP contribution is -2.49. The second-order valence-electron chi connectivity index (χ2n) is 4.78. The first-order valence-electron chi connectivity index (χ1n) is 6.15. The van der Waals surface area contributed by atoms with Gasteiger partial charge in [-0.25, -0.2) is 0 Å². The second kappa shape index (κ2) is 4.47. The monoisotopic (exact) mass is 218 g/mol. The first-order chi connectivity index (χ1) is 7.92. The van der Waals surface area contributed by atoms with Crippen molar-refractivity contribution in [1.29, 1.82) is 0 Å². The molecule has 0 aromatic carbocycles. The van der Waals surface area contributed by atoms with Crippen molar-refractivity contribution in [3.63, 3.8) is 0 Å². The van der Waals surface area contributed by atoms with Crippen molar-refractivity contribution < 1.29 is 0 Å². The summed E-state index contributed by atoms with van der Waals surface area (Å²) in [5.74, 6) is 0. The molecule has 0 saturated carbocycles. The lowest BCUT2D eigenvalue weighted by Gasteiger charge is -2.37. The molecular formula is C12H18N4. The Morgan fingerprint density at radius 2 is 2.31 bits per heavy atom. The highest BCUT2D eigenvalue weighted by atomic mass is 15.3. The molecule has 0 aliphatic carbocycles. The third-order valence-corrected chi connectivity index (χ3v) is 3.68. The van der Waals surface area contributed by atoms with Crippen molar-refractivity contribution in [2.24, 2.45) is 0 Å². The lowest BCUT2D eigenvalue weighted by molar-refractivity contribution is 0.0982. The second-order valence-corrected chi connectivity index (χ2v) is 4.78. The quantitative estimate of drug-likeness (QED) is 0.733. The van der Waals surface area contributed by atoms with Gasteiger partial charge in [0.05, 0.1) is 5.69 Å². The standard InChI is InChI=1S/C12H18N4/c1-3-11(14-13-5-1)9-15-7-8-16-6-2-4-12(16)10-15/h1,3,5,12H,2,4,6-10H2. The molecule has 2 saturated heterocycles. The Morgan fingerprint density at radius 3 is 3.19 bits per heavy atom. The van der Waals surface area contributed by atoms with Gasteiger partial charge in [0, 0.05) is 38.4 Å². The van der Waals surface area contributed by atoms with E-state index in [2.05, 4.69) is 26.1 Å². The van der Waals surface area contributed by atoms with Crippen molar-refractivity contribution in [3.05, 3.63) is 24.0 Å². The van der Waals surface area contributed by atoms with Gasteiger partial charge in [0.15, 0.2) is 0 Å². The SMILES string of the molecule is c1cnnc(CN2CCN3CCCC3C2)c1. The zero-order chi connectivity index (χ0) is 10.8. The predicted octanol–water partition coefficient (Wildman–Crippen LogP) is 0.757. The van der Waals surface area contributed by atoms with Gasteiger partial charge in [0.25, 0.3) is 0 Å². The van der Waals surface area contributed by atoms with Gasteiger partial charge in [-0.2, -0.15) is 10.2 Å². The molecule has 0 N–H and O–H groups in total. The highest BCUT2D eigenvalue weighted by molar-refractivity contribution is 5.00. The highest BCUT2D eigenvalue weighted by Gasteiger charge is 2.30. The fraction of sp³-hybridized carbons (Fsp3) is 0.667. The topological polar surface area (TPSA) is 32.3 Å². The zero-order valence-corrected chi connectivity index (χ0v) is 9.55. The number of nitrogens with zero attached hydrogens (tertiary/aromatic N) is 4. The zero-order valence-electron chi connectivity index (χ0n) is 9.55. The maximum absolute atomic E-state index is 4.15. The molecule has 86 valence electrons. The van der Waals surface area contributed by atoms with Crippen LogP contribution >= 0.6 is 0 Å². The average molecular weight is 218 g/mol. The number of fused-ring (bicyclic) bond motifs is 1. The fourth-order valence-corrected chi connectivity index (χ4v) is 2.85. The first kappa shape index (κ1) is 10.2. The van der Waals surface area contributed by atoms with Crippen LogP contribution < -0.4 is 0 Å². The number of rotatable bonds is 2. The largest absolute Gasteiger partial charge is 0.298 e. The van der Waals surface area contributed by atoms with E-state index < -0.39 is 0 Å². The van der Waals surface area contributed by atoms with Crippen LogP contribution in [0, 0.1) is 0 Å². The molecule has 1 aromatic heterocycles. The van der Waals surface area contributed by atoms with Crippen molar-refractivity contribution in [1.82, 2.24) is 20.0 Å². The molecular weight excluding hydrogens is 200 g/mol. The maximum atomic E-state index is 4.15. The van der Waals surface area contributed by atoms with Crippen LogP contribution in [0.4, 0.5) is 0 Å². The van der Waals surface area contributed by atoms with Crippen LogP contribution in [0.2, 0.25) is 0 Å². The molecule has 2 aliphatic heterocycles. The number of piperazine rings is 1. The summed E-state index contributed by atoms with van der Waals surface area (Å²) < 4.78 is 0. The molecule has 2 fully saturated rings. The van der Waals surface area contributed by atoms with Crippen molar-refractivity contribution >= 4 is 0 Å². The molecule has 3 rings (SSSR count). The maximum Gasteiger partial charge on any atom is 0.0771 e. The van der Waals surface area contributed by atoms with E-state index in [9.17, 15) is 0 Å². The fourth-order valence-electron chi connectivity index (χ4n) is 2.85. The summed E-state index contributed by atoms with van der Waals surface area (Å²) in [7, 11) is 0. The molecule has 4 nitrogen and oxygen atoms in total. The van der Waals surface area contributed by atoms with Gasteiger partial charge >= 0.3 is 0 Å². The highest BCUT2D eigenvalue weighted by Crippen LogP contribution is 2.21. The number of hydrogen-bond acceptors (Lipinski definition) is 4. The summed E-state index contributed by atoms with van der Waals surface area (Å²) in [6.07, 6.45) is 4.49. The minimum absolute atomic E-state index is 0.797. The predicted molar refractivity (Wildman–Crippen MR) is 61.9 cm³/mol. The van der Waals surface area contributed by atoms with Crippen LogP contribution in [-0.2, 0) is 6.54 Å². The van der Waals surface area contributed by atoms with E-state index >= 15 is 0 Å². The Morgan fingerprint density at radius 1 is 1.31 bits per heavy atom. The smallest absolute Gasteiger partial charge is 0.0771 e. The molecule has 4 heteroatoms. The van der Waals surface area contributed by atoms with Gasteiger partial charge in [0.1, 0.15) is 0 Å². The molecule has 1 atom stereocenters. The summed E-state index contributed by atoms with van der Waals surface area (Å²) in [5.41, 5.74) is 1.09. The van der Waals surface area contributed by atoms with Gasteiger partial charge < -0.3 is 0 Å². The Labute approximate surface area is 96.3 Å². The molecule has 1 aromatic rings. The molecule has 0 spiro atoms. The number of hydrogen-bond donors (Lipinski definition) is 0. The normalized spacial score (nSPS) is 26.9. The van der Waals surface area contributed by atoms with E-state index in [4.69, 9.17) is 0 Å². The van der Waals surface area contributed by atoms with Crippen LogP contribution in [0.15, 0.2) is 18.3 Å². The molecule has 2 aliphatic rings. The number of aromatic nitrogens is 2.